The van der Waals surface area contributed by atoms with Crippen molar-refractivity contribution in [3.8, 4) is 0 Å². The molecule has 0 radical (unpaired) electrons. The Balaban J connectivity index is 2.23. The quantitative estimate of drug-likeness (QED) is 0.800. The minimum Gasteiger partial charge on any atom is -0.303 e. The maximum absolute atomic E-state index is 11.6. The monoisotopic (exact) mass is 330 g/mol. The van der Waals surface area contributed by atoms with Gasteiger partial charge in [-0.1, -0.05) is 28.1 Å². The number of carbonyl (C=O) groups excluding carboxylic acids is 1. The number of hydrogen-bond donors (Lipinski definition) is 0. The molecule has 2 unspecified atom stereocenters. The van der Waals surface area contributed by atoms with Crippen molar-refractivity contribution >= 4 is 32.1 Å². The lowest BCUT2D eigenvalue weighted by Crippen LogP contribution is -2.30. The van der Waals surface area contributed by atoms with E-state index < -0.39 is 9.84 Å². The highest BCUT2D eigenvalue weighted by molar-refractivity contribution is 9.10. The molecule has 5 heteroatoms. The van der Waals surface area contributed by atoms with Crippen molar-refractivity contribution in [3.05, 3.63) is 34.3 Å². The van der Waals surface area contributed by atoms with Crippen LogP contribution in [-0.2, 0) is 14.6 Å². The molecule has 2 rings (SSSR count). The van der Waals surface area contributed by atoms with Crippen LogP contribution in [-0.4, -0.2) is 26.2 Å². The molecular weight excluding hydrogens is 316 g/mol. The molecule has 2 atom stereocenters. The zero-order valence-electron chi connectivity index (χ0n) is 9.88. The van der Waals surface area contributed by atoms with Gasteiger partial charge < -0.3 is 4.79 Å². The molecule has 1 aliphatic heterocycles. The Kier molecular flexibility index (Phi) is 4.22. The molecule has 98 valence electrons. The summed E-state index contributed by atoms with van der Waals surface area (Å²) in [5.41, 5.74) is 0.898. The molecule has 0 aliphatic carbocycles. The van der Waals surface area contributed by atoms with Crippen molar-refractivity contribution in [2.24, 2.45) is 5.92 Å². The van der Waals surface area contributed by atoms with Crippen molar-refractivity contribution in [2.75, 3.05) is 11.5 Å². The molecule has 18 heavy (non-hydrogen) atoms. The summed E-state index contributed by atoms with van der Waals surface area (Å²) in [6.07, 6.45) is 2.35. The highest BCUT2D eigenvalue weighted by Gasteiger charge is 2.31. The van der Waals surface area contributed by atoms with E-state index in [2.05, 4.69) is 15.9 Å². The molecule has 1 saturated heterocycles. The first-order valence-electron chi connectivity index (χ1n) is 5.93. The van der Waals surface area contributed by atoms with Gasteiger partial charge in [-0.15, -0.1) is 0 Å². The lowest BCUT2D eigenvalue weighted by atomic mass is 9.85. The smallest absolute Gasteiger partial charge is 0.150 e. The van der Waals surface area contributed by atoms with Gasteiger partial charge in [-0.2, -0.15) is 0 Å². The molecule has 0 N–H and O–H groups in total. The van der Waals surface area contributed by atoms with Crippen LogP contribution in [0.15, 0.2) is 28.7 Å². The van der Waals surface area contributed by atoms with Crippen LogP contribution in [0.5, 0.6) is 0 Å². The van der Waals surface area contributed by atoms with Crippen LogP contribution in [0.2, 0.25) is 0 Å². The van der Waals surface area contributed by atoms with Gasteiger partial charge in [0.15, 0.2) is 9.84 Å². The van der Waals surface area contributed by atoms with Crippen LogP contribution in [0.3, 0.4) is 0 Å². The Bertz CT molecular complexity index is 522. The minimum absolute atomic E-state index is 0.0811. The number of benzene rings is 1. The molecule has 1 aromatic rings. The second kappa shape index (κ2) is 5.53. The Morgan fingerprint density at radius 1 is 1.28 bits per heavy atom. The van der Waals surface area contributed by atoms with E-state index in [0.29, 0.717) is 6.42 Å². The van der Waals surface area contributed by atoms with Gasteiger partial charge in [0.1, 0.15) is 6.29 Å². The predicted molar refractivity (Wildman–Crippen MR) is 74.3 cm³/mol. The SMILES string of the molecule is O=CC(c1ccc(Br)cc1)C1CCCS(=O)(=O)C1. The number of aldehydes is 1. The lowest BCUT2D eigenvalue weighted by molar-refractivity contribution is -0.110. The Morgan fingerprint density at radius 3 is 2.50 bits per heavy atom. The molecule has 0 amide bonds. The first-order valence-corrected chi connectivity index (χ1v) is 8.54. The van der Waals surface area contributed by atoms with Crippen LogP contribution < -0.4 is 0 Å². The lowest BCUT2D eigenvalue weighted by Gasteiger charge is -2.26. The van der Waals surface area contributed by atoms with Crippen LogP contribution >= 0.6 is 15.9 Å². The van der Waals surface area contributed by atoms with Gasteiger partial charge in [0, 0.05) is 10.4 Å². The predicted octanol–water partition coefficient (Wildman–Crippen LogP) is 2.56. The summed E-state index contributed by atoms with van der Waals surface area (Å²) in [5.74, 6) is -0.00220. The average molecular weight is 331 g/mol. The summed E-state index contributed by atoms with van der Waals surface area (Å²) < 4.78 is 24.2. The highest BCUT2D eigenvalue weighted by Crippen LogP contribution is 2.31. The molecule has 3 nitrogen and oxygen atoms in total. The van der Waals surface area contributed by atoms with Gasteiger partial charge in [0.25, 0.3) is 0 Å². The van der Waals surface area contributed by atoms with Crippen molar-refractivity contribution in [2.45, 2.75) is 18.8 Å². The van der Waals surface area contributed by atoms with Crippen LogP contribution in [0.4, 0.5) is 0 Å². The third-order valence-electron chi connectivity index (χ3n) is 3.41. The Hall–Kier alpha value is -0.680. The molecular formula is C13H15BrO3S. The van der Waals surface area contributed by atoms with Crippen LogP contribution in [0.25, 0.3) is 0 Å². The molecule has 1 aliphatic rings. The first kappa shape index (κ1) is 13.7. The number of hydrogen-bond acceptors (Lipinski definition) is 3. The summed E-state index contributed by atoms with van der Waals surface area (Å²) in [7, 11) is -2.97. The second-order valence-electron chi connectivity index (χ2n) is 4.73. The van der Waals surface area contributed by atoms with E-state index in [1.807, 2.05) is 24.3 Å². The summed E-state index contributed by atoms with van der Waals surface area (Å²) in [4.78, 5) is 11.3. The third kappa shape index (κ3) is 3.20. The summed E-state index contributed by atoms with van der Waals surface area (Å²) in [6, 6.07) is 7.51. The van der Waals surface area contributed by atoms with E-state index in [-0.39, 0.29) is 23.3 Å². The maximum Gasteiger partial charge on any atom is 0.150 e. The van der Waals surface area contributed by atoms with Gasteiger partial charge in [0.05, 0.1) is 11.5 Å². The molecule has 1 fully saturated rings. The van der Waals surface area contributed by atoms with Gasteiger partial charge in [-0.05, 0) is 36.5 Å². The van der Waals surface area contributed by atoms with Crippen LogP contribution in [0, 0.1) is 5.92 Å². The standard InChI is InChI=1S/C13H15BrO3S/c14-12-5-3-10(4-6-12)13(8-15)11-2-1-7-18(16,17)9-11/h3-6,8,11,13H,1-2,7,9H2. The fraction of sp³-hybridized carbons (Fsp3) is 0.462. The van der Waals surface area contributed by atoms with Gasteiger partial charge in [-0.25, -0.2) is 8.42 Å². The van der Waals surface area contributed by atoms with Crippen molar-refractivity contribution in [3.63, 3.8) is 0 Å². The molecule has 0 aromatic heterocycles. The molecule has 1 heterocycles. The van der Waals surface area contributed by atoms with E-state index in [4.69, 9.17) is 0 Å². The van der Waals surface area contributed by atoms with Crippen molar-refractivity contribution in [1.29, 1.82) is 0 Å². The zero-order valence-corrected chi connectivity index (χ0v) is 12.3. The van der Waals surface area contributed by atoms with Crippen molar-refractivity contribution < 1.29 is 13.2 Å². The fourth-order valence-corrected chi connectivity index (χ4v) is 4.55. The van der Waals surface area contributed by atoms with E-state index in [1.165, 1.54) is 0 Å². The maximum atomic E-state index is 11.6. The van der Waals surface area contributed by atoms with Gasteiger partial charge in [0.2, 0.25) is 0 Å². The normalized spacial score (nSPS) is 24.4. The minimum atomic E-state index is -2.97. The summed E-state index contributed by atoms with van der Waals surface area (Å²) >= 11 is 3.35. The van der Waals surface area contributed by atoms with E-state index >= 15 is 0 Å². The first-order chi connectivity index (χ1) is 8.52. The molecule has 1 aromatic carbocycles. The second-order valence-corrected chi connectivity index (χ2v) is 7.87. The third-order valence-corrected chi connectivity index (χ3v) is 5.78. The molecule has 0 spiro atoms. The summed E-state index contributed by atoms with van der Waals surface area (Å²) in [6.45, 7) is 0. The molecule has 0 bridgehead atoms. The van der Waals surface area contributed by atoms with E-state index in [9.17, 15) is 13.2 Å². The van der Waals surface area contributed by atoms with E-state index in [1.54, 1.807) is 0 Å². The zero-order chi connectivity index (χ0) is 13.2. The fourth-order valence-electron chi connectivity index (χ4n) is 2.49. The highest BCUT2D eigenvalue weighted by atomic mass is 79.9. The Morgan fingerprint density at radius 2 is 1.94 bits per heavy atom. The van der Waals surface area contributed by atoms with Gasteiger partial charge >= 0.3 is 0 Å². The number of sulfone groups is 1. The van der Waals surface area contributed by atoms with E-state index in [0.717, 1.165) is 22.7 Å². The van der Waals surface area contributed by atoms with Crippen molar-refractivity contribution in [1.82, 2.24) is 0 Å². The Labute approximate surface area is 116 Å². The van der Waals surface area contributed by atoms with Crippen LogP contribution in [0.1, 0.15) is 24.3 Å². The molecule has 0 saturated carbocycles. The number of carbonyl (C=O) groups is 1. The number of halogens is 1. The topological polar surface area (TPSA) is 51.2 Å². The average Bonchev–Trinajstić information content (AvgIpc) is 2.31. The summed E-state index contributed by atoms with van der Waals surface area (Å²) in [5, 5.41) is 0. The number of rotatable bonds is 3. The van der Waals surface area contributed by atoms with Gasteiger partial charge in [-0.3, -0.25) is 0 Å². The largest absolute Gasteiger partial charge is 0.303 e.